The van der Waals surface area contributed by atoms with E-state index in [2.05, 4.69) is 15.0 Å². The van der Waals surface area contributed by atoms with Gasteiger partial charge >= 0.3 is 6.01 Å². The number of carbonyl (C=O) groups is 1. The van der Waals surface area contributed by atoms with Crippen molar-refractivity contribution in [2.75, 3.05) is 70.6 Å². The monoisotopic (exact) mass is 654 g/mol. The van der Waals surface area contributed by atoms with Gasteiger partial charge in [0.1, 0.15) is 23.3 Å². The molecule has 0 saturated carbocycles. The van der Waals surface area contributed by atoms with E-state index in [1.165, 1.54) is 31.8 Å². The number of piperazine rings is 1. The molecule has 15 heteroatoms. The van der Waals surface area contributed by atoms with Gasteiger partial charge in [-0.1, -0.05) is 11.3 Å². The Morgan fingerprint density at radius 3 is 2.48 bits per heavy atom. The summed E-state index contributed by atoms with van der Waals surface area (Å²) >= 11 is 0.994. The molecule has 0 radical (unpaired) electrons. The van der Waals surface area contributed by atoms with Gasteiger partial charge in [-0.3, -0.25) is 4.79 Å². The van der Waals surface area contributed by atoms with Gasteiger partial charge in [0.2, 0.25) is 5.91 Å². The van der Waals surface area contributed by atoms with Crippen molar-refractivity contribution in [3.63, 3.8) is 0 Å². The Labute approximate surface area is 266 Å². The van der Waals surface area contributed by atoms with E-state index in [1.807, 2.05) is 16.8 Å². The average molecular weight is 655 g/mol. The topological polar surface area (TPSA) is 140 Å². The summed E-state index contributed by atoms with van der Waals surface area (Å²) < 4.78 is 54.3. The number of thiazole rings is 1. The number of carbonyl (C=O) groups excluding carboxylic acids is 1. The van der Waals surface area contributed by atoms with Crippen LogP contribution in [-0.4, -0.2) is 96.8 Å². The fraction of sp³-hybridized carbons (Fsp3) is 0.355. The summed E-state index contributed by atoms with van der Waals surface area (Å²) in [5, 5.41) is 0.615. The van der Waals surface area contributed by atoms with Crippen molar-refractivity contribution >= 4 is 49.3 Å². The van der Waals surface area contributed by atoms with Gasteiger partial charge in [-0.2, -0.15) is 9.97 Å². The standard InChI is InChI=1S/C26H23F2N7O3S.C5H10FN/c1-37-26-32-21-16(24(33-26)35-7-5-34(6-8-35)18(36)11-29)10-15(13-4-9-38-12-13)19(20(21)28)14-2-3-17(27)23-22(14)31-25(30)39-23;1-7-3-2-5(6)4-7/h2-4,9-10,12H,5-8,11,29H2,1H3,(H2,30,31);5H,2-4H2,1H3. The number of nitrogens with two attached hydrogens (primary N) is 2. The number of nitrogen functional groups attached to an aromatic ring is 1. The fourth-order valence-electron chi connectivity index (χ4n) is 5.80. The van der Waals surface area contributed by atoms with Crippen LogP contribution >= 0.6 is 11.3 Å². The van der Waals surface area contributed by atoms with Crippen LogP contribution in [0.4, 0.5) is 24.1 Å². The van der Waals surface area contributed by atoms with Crippen LogP contribution in [0.5, 0.6) is 6.01 Å². The minimum Gasteiger partial charge on any atom is -0.472 e. The van der Waals surface area contributed by atoms with Crippen LogP contribution in [0.15, 0.2) is 41.2 Å². The van der Waals surface area contributed by atoms with Gasteiger partial charge in [0.25, 0.3) is 0 Å². The number of methoxy groups -OCH3 is 1. The third kappa shape index (κ3) is 6.04. The van der Waals surface area contributed by atoms with E-state index in [0.717, 1.165) is 24.3 Å². The normalized spacial score (nSPS) is 17.0. The number of rotatable bonds is 5. The molecule has 46 heavy (non-hydrogen) atoms. The molecule has 2 saturated heterocycles. The number of alkyl halides is 1. The molecule has 5 heterocycles. The molecule has 0 spiro atoms. The maximum atomic E-state index is 16.7. The molecule has 0 bridgehead atoms. The Balaban J connectivity index is 0.000000471. The van der Waals surface area contributed by atoms with Gasteiger partial charge in [0.05, 0.1) is 36.4 Å². The van der Waals surface area contributed by atoms with Crippen LogP contribution in [0.1, 0.15) is 6.42 Å². The summed E-state index contributed by atoms with van der Waals surface area (Å²) in [5.41, 5.74) is 13.3. The van der Waals surface area contributed by atoms with Gasteiger partial charge < -0.3 is 35.3 Å². The van der Waals surface area contributed by atoms with Crippen LogP contribution in [0, 0.1) is 11.6 Å². The first kappa shape index (κ1) is 31.5. The van der Waals surface area contributed by atoms with Gasteiger partial charge in [0.15, 0.2) is 10.9 Å². The van der Waals surface area contributed by atoms with Crippen LogP contribution in [0.3, 0.4) is 0 Å². The van der Waals surface area contributed by atoms with Crippen LogP contribution < -0.4 is 21.1 Å². The molecular formula is C31H33F3N8O3S. The van der Waals surface area contributed by atoms with Gasteiger partial charge in [0, 0.05) is 61.3 Å². The second-order valence-electron chi connectivity index (χ2n) is 11.1. The van der Waals surface area contributed by atoms with Gasteiger partial charge in [-0.05, 0) is 43.3 Å². The molecule has 2 fully saturated rings. The van der Waals surface area contributed by atoms with Crippen molar-refractivity contribution in [1.29, 1.82) is 0 Å². The van der Waals surface area contributed by atoms with Crippen molar-refractivity contribution in [2.24, 2.45) is 5.73 Å². The molecule has 7 rings (SSSR count). The lowest BCUT2D eigenvalue weighted by Gasteiger charge is -2.35. The summed E-state index contributed by atoms with van der Waals surface area (Å²) in [5.74, 6) is -0.810. The van der Waals surface area contributed by atoms with Crippen molar-refractivity contribution in [1.82, 2.24) is 24.8 Å². The number of anilines is 2. The summed E-state index contributed by atoms with van der Waals surface area (Å²) in [6, 6.07) is 6.24. The van der Waals surface area contributed by atoms with E-state index in [1.54, 1.807) is 17.0 Å². The number of benzene rings is 2. The fourth-order valence-corrected chi connectivity index (χ4v) is 6.57. The largest absolute Gasteiger partial charge is 0.472 e. The van der Waals surface area contributed by atoms with E-state index in [0.29, 0.717) is 60.6 Å². The SMILES string of the molecule is CN1CCC(F)C1.COc1nc(N2CCN(C(=O)CN)CC2)c2cc(-c3ccoc3)c(-c3ccc(F)c4sc(N)nc34)c(F)c2n1. The number of likely N-dealkylation sites (tertiary alicyclic amines) is 1. The number of fused-ring (bicyclic) bond motifs is 2. The average Bonchev–Trinajstić information content (AvgIpc) is 3.83. The molecule has 11 nitrogen and oxygen atoms in total. The van der Waals surface area contributed by atoms with Gasteiger partial charge in [-0.25, -0.2) is 18.2 Å². The molecule has 2 aliphatic heterocycles. The highest BCUT2D eigenvalue weighted by molar-refractivity contribution is 7.22. The summed E-state index contributed by atoms with van der Waals surface area (Å²) in [7, 11) is 3.35. The molecule has 1 amide bonds. The number of aromatic nitrogens is 3. The molecule has 5 aromatic rings. The Morgan fingerprint density at radius 1 is 1.09 bits per heavy atom. The van der Waals surface area contributed by atoms with Crippen LogP contribution in [0.25, 0.3) is 43.4 Å². The molecule has 1 unspecified atom stereocenters. The van der Waals surface area contributed by atoms with Gasteiger partial charge in [-0.15, -0.1) is 0 Å². The quantitative estimate of drug-likeness (QED) is 0.282. The number of furan rings is 1. The number of hydrogen-bond donors (Lipinski definition) is 2. The first-order chi connectivity index (χ1) is 22.2. The molecule has 0 aliphatic carbocycles. The second kappa shape index (κ2) is 13.1. The Bertz CT molecular complexity index is 1870. The molecule has 3 aromatic heterocycles. The van der Waals surface area contributed by atoms with E-state index in [-0.39, 0.29) is 44.9 Å². The van der Waals surface area contributed by atoms with Crippen LogP contribution in [0.2, 0.25) is 0 Å². The highest BCUT2D eigenvalue weighted by atomic mass is 32.1. The maximum Gasteiger partial charge on any atom is 0.318 e. The van der Waals surface area contributed by atoms with E-state index in [4.69, 9.17) is 20.6 Å². The second-order valence-corrected chi connectivity index (χ2v) is 12.1. The van der Waals surface area contributed by atoms with Crippen LogP contribution in [-0.2, 0) is 4.79 Å². The predicted octanol–water partition coefficient (Wildman–Crippen LogP) is 4.30. The first-order valence-electron chi connectivity index (χ1n) is 14.7. The minimum absolute atomic E-state index is 0.0129. The Kier molecular flexibility index (Phi) is 8.97. The number of ether oxygens (including phenoxy) is 1. The molecule has 4 N–H and O–H groups in total. The van der Waals surface area contributed by atoms with Crippen molar-refractivity contribution in [3.8, 4) is 28.3 Å². The zero-order valence-electron chi connectivity index (χ0n) is 25.3. The van der Waals surface area contributed by atoms with E-state index < -0.39 is 17.8 Å². The Hall–Kier alpha value is -4.47. The third-order valence-electron chi connectivity index (χ3n) is 8.13. The molecular weight excluding hydrogens is 621 g/mol. The third-order valence-corrected chi connectivity index (χ3v) is 9.02. The van der Waals surface area contributed by atoms with E-state index in [9.17, 15) is 13.6 Å². The van der Waals surface area contributed by atoms with Crippen molar-refractivity contribution < 1.29 is 27.1 Å². The number of amides is 1. The highest BCUT2D eigenvalue weighted by Gasteiger charge is 2.28. The van der Waals surface area contributed by atoms with Crippen molar-refractivity contribution in [2.45, 2.75) is 12.6 Å². The lowest BCUT2D eigenvalue weighted by atomic mass is 9.92. The zero-order chi connectivity index (χ0) is 32.5. The minimum atomic E-state index is -0.651. The van der Waals surface area contributed by atoms with E-state index >= 15 is 4.39 Å². The highest BCUT2D eigenvalue weighted by Crippen LogP contribution is 2.44. The first-order valence-corrected chi connectivity index (χ1v) is 15.5. The predicted molar refractivity (Wildman–Crippen MR) is 172 cm³/mol. The summed E-state index contributed by atoms with van der Waals surface area (Å²) in [6.07, 6.45) is 3.17. The maximum absolute atomic E-state index is 16.7. The summed E-state index contributed by atoms with van der Waals surface area (Å²) in [6.45, 7) is 3.31. The Morgan fingerprint density at radius 2 is 1.87 bits per heavy atom. The zero-order valence-corrected chi connectivity index (χ0v) is 26.1. The molecule has 2 aromatic carbocycles. The lowest BCUT2D eigenvalue weighted by molar-refractivity contribution is -0.129. The lowest BCUT2D eigenvalue weighted by Crippen LogP contribution is -2.50. The molecule has 1 atom stereocenters. The molecule has 2 aliphatic rings. The smallest absolute Gasteiger partial charge is 0.318 e. The number of halogens is 3. The molecule has 242 valence electrons. The number of nitrogens with zero attached hydrogens (tertiary/aromatic N) is 6. The number of hydrogen-bond acceptors (Lipinski definition) is 11. The summed E-state index contributed by atoms with van der Waals surface area (Å²) in [4.78, 5) is 31.0. The van der Waals surface area contributed by atoms with Crippen molar-refractivity contribution in [3.05, 3.63) is 48.4 Å².